The molecular weight excluding hydrogens is 176 g/mol. The summed E-state index contributed by atoms with van der Waals surface area (Å²) < 4.78 is 9.59. The van der Waals surface area contributed by atoms with Gasteiger partial charge in [-0.2, -0.15) is 0 Å². The van der Waals surface area contributed by atoms with Crippen LogP contribution in [0.2, 0.25) is 0 Å². The van der Waals surface area contributed by atoms with E-state index in [0.29, 0.717) is 12.8 Å². The first-order valence-corrected chi connectivity index (χ1v) is 4.25. The van der Waals surface area contributed by atoms with Crippen molar-refractivity contribution in [2.45, 2.75) is 36.8 Å². The lowest BCUT2D eigenvalue weighted by Crippen LogP contribution is -2.47. The Morgan fingerprint density at radius 3 is 2.85 bits per heavy atom. The van der Waals surface area contributed by atoms with Gasteiger partial charge in [0.25, 0.3) is 0 Å². The van der Waals surface area contributed by atoms with Crippen LogP contribution >= 0.6 is 0 Å². The lowest BCUT2D eigenvalue weighted by molar-refractivity contribution is -0.152. The fourth-order valence-corrected chi connectivity index (χ4v) is 1.96. The van der Waals surface area contributed by atoms with E-state index in [1.54, 1.807) is 0 Å². The Morgan fingerprint density at radius 1 is 1.54 bits per heavy atom. The lowest BCUT2D eigenvalue weighted by atomic mass is 9.85. The minimum atomic E-state index is -1.27. The summed E-state index contributed by atoms with van der Waals surface area (Å²) in [5.41, 5.74) is -1.27. The van der Waals surface area contributed by atoms with Crippen LogP contribution in [0.3, 0.4) is 0 Å². The first-order chi connectivity index (χ1) is 6.13. The average molecular weight is 188 g/mol. The van der Waals surface area contributed by atoms with Gasteiger partial charge in [-0.25, -0.2) is 4.79 Å². The molecule has 5 heteroatoms. The third kappa shape index (κ3) is 1.01. The van der Waals surface area contributed by atoms with Crippen molar-refractivity contribution in [1.82, 2.24) is 0 Å². The van der Waals surface area contributed by atoms with E-state index in [2.05, 4.69) is 4.74 Å². The topological polar surface area (TPSA) is 79.3 Å². The van der Waals surface area contributed by atoms with E-state index in [1.165, 1.54) is 7.11 Å². The summed E-state index contributed by atoms with van der Waals surface area (Å²) >= 11 is 0. The van der Waals surface area contributed by atoms with Gasteiger partial charge in [0, 0.05) is 0 Å². The van der Waals surface area contributed by atoms with Gasteiger partial charge in [-0.1, -0.05) is 0 Å². The van der Waals surface area contributed by atoms with Crippen LogP contribution in [0, 0.1) is 0 Å². The molecule has 1 heterocycles. The fourth-order valence-electron chi connectivity index (χ4n) is 1.96. The molecule has 1 aliphatic carbocycles. The average Bonchev–Trinajstić information content (AvgIpc) is 2.88. The maximum Gasteiger partial charge on any atom is 0.343 e. The van der Waals surface area contributed by atoms with Crippen LogP contribution in [0.1, 0.15) is 12.8 Å². The normalized spacial score (nSPS) is 48.1. The number of esters is 1. The van der Waals surface area contributed by atoms with Crippen molar-refractivity contribution < 1.29 is 24.5 Å². The molecule has 2 aliphatic rings. The number of methoxy groups -OCH3 is 1. The minimum Gasteiger partial charge on any atom is -0.467 e. The van der Waals surface area contributed by atoms with Gasteiger partial charge in [0.05, 0.1) is 19.3 Å². The highest BCUT2D eigenvalue weighted by atomic mass is 16.7. The number of hydrogen-bond acceptors (Lipinski definition) is 5. The predicted molar refractivity (Wildman–Crippen MR) is 40.9 cm³/mol. The molecule has 74 valence electrons. The molecule has 2 fully saturated rings. The van der Waals surface area contributed by atoms with E-state index >= 15 is 0 Å². The standard InChI is InChI=1S/C8H12O5/c1-12-7(11)8-5(10)3-2-4(9)6(8)13-8/h4-6,9-10H,2-3H2,1H3/t4-,5+,6-,8+/m1/s1. The molecule has 0 aromatic rings. The van der Waals surface area contributed by atoms with Gasteiger partial charge in [-0.15, -0.1) is 0 Å². The van der Waals surface area contributed by atoms with Crippen molar-refractivity contribution in [2.75, 3.05) is 7.11 Å². The van der Waals surface area contributed by atoms with Crippen molar-refractivity contribution >= 4 is 5.97 Å². The summed E-state index contributed by atoms with van der Waals surface area (Å²) in [6.07, 6.45) is -1.27. The molecule has 1 aliphatic heterocycles. The van der Waals surface area contributed by atoms with Crippen LogP contribution in [0.25, 0.3) is 0 Å². The van der Waals surface area contributed by atoms with E-state index in [9.17, 15) is 15.0 Å². The largest absolute Gasteiger partial charge is 0.467 e. The highest BCUT2D eigenvalue weighted by Gasteiger charge is 2.72. The van der Waals surface area contributed by atoms with E-state index in [-0.39, 0.29) is 0 Å². The van der Waals surface area contributed by atoms with E-state index in [1.807, 2.05) is 0 Å². The lowest BCUT2D eigenvalue weighted by Gasteiger charge is -2.23. The summed E-state index contributed by atoms with van der Waals surface area (Å²) in [4.78, 5) is 11.3. The van der Waals surface area contributed by atoms with Crippen molar-refractivity contribution in [2.24, 2.45) is 0 Å². The number of fused-ring (bicyclic) bond motifs is 1. The molecule has 0 aromatic carbocycles. The SMILES string of the molecule is COC(=O)[C@@]12O[C@@H]1[C@H](O)CC[C@@H]2O. The number of aliphatic hydroxyl groups is 2. The zero-order valence-electron chi connectivity index (χ0n) is 7.27. The molecule has 0 spiro atoms. The second kappa shape index (κ2) is 2.67. The number of hydrogen-bond donors (Lipinski definition) is 2. The Hall–Kier alpha value is -0.650. The van der Waals surface area contributed by atoms with Gasteiger partial charge in [0.15, 0.2) is 0 Å². The number of carbonyl (C=O) groups is 1. The monoisotopic (exact) mass is 188 g/mol. The molecule has 2 N–H and O–H groups in total. The van der Waals surface area contributed by atoms with Crippen LogP contribution < -0.4 is 0 Å². The van der Waals surface area contributed by atoms with Gasteiger partial charge in [-0.3, -0.25) is 0 Å². The molecule has 1 saturated heterocycles. The highest BCUT2D eigenvalue weighted by Crippen LogP contribution is 2.48. The zero-order chi connectivity index (χ0) is 9.64. The van der Waals surface area contributed by atoms with Crippen molar-refractivity contribution in [3.8, 4) is 0 Å². The van der Waals surface area contributed by atoms with E-state index in [0.717, 1.165) is 0 Å². The predicted octanol–water partition coefficient (Wildman–Crippen LogP) is -1.19. The summed E-state index contributed by atoms with van der Waals surface area (Å²) in [6, 6.07) is 0. The van der Waals surface area contributed by atoms with Gasteiger partial charge < -0.3 is 19.7 Å². The molecule has 4 atom stereocenters. The third-order valence-electron chi connectivity index (χ3n) is 2.77. The van der Waals surface area contributed by atoms with E-state index in [4.69, 9.17) is 4.74 Å². The summed E-state index contributed by atoms with van der Waals surface area (Å²) in [5.74, 6) is -0.594. The molecule has 0 bridgehead atoms. The van der Waals surface area contributed by atoms with Crippen LogP contribution in [0.15, 0.2) is 0 Å². The molecule has 2 rings (SSSR count). The highest BCUT2D eigenvalue weighted by molar-refractivity contribution is 5.84. The maximum atomic E-state index is 11.3. The number of epoxide rings is 1. The van der Waals surface area contributed by atoms with Crippen LogP contribution in [0.5, 0.6) is 0 Å². The van der Waals surface area contributed by atoms with Gasteiger partial charge in [0.1, 0.15) is 6.10 Å². The van der Waals surface area contributed by atoms with Gasteiger partial charge >= 0.3 is 5.97 Å². The van der Waals surface area contributed by atoms with Crippen molar-refractivity contribution in [1.29, 1.82) is 0 Å². The zero-order valence-corrected chi connectivity index (χ0v) is 7.27. The Morgan fingerprint density at radius 2 is 2.23 bits per heavy atom. The number of rotatable bonds is 1. The van der Waals surface area contributed by atoms with Crippen LogP contribution in [0.4, 0.5) is 0 Å². The minimum absolute atomic E-state index is 0.368. The van der Waals surface area contributed by atoms with Crippen molar-refractivity contribution in [3.63, 3.8) is 0 Å². The number of ether oxygens (including phenoxy) is 2. The van der Waals surface area contributed by atoms with Crippen LogP contribution in [-0.2, 0) is 14.3 Å². The third-order valence-corrected chi connectivity index (χ3v) is 2.77. The summed E-state index contributed by atoms with van der Waals surface area (Å²) in [5, 5.41) is 19.0. The Balaban J connectivity index is 2.19. The quantitative estimate of drug-likeness (QED) is 0.399. The molecule has 0 unspecified atom stereocenters. The molecule has 0 amide bonds. The fraction of sp³-hybridized carbons (Fsp3) is 0.875. The second-order valence-electron chi connectivity index (χ2n) is 3.48. The smallest absolute Gasteiger partial charge is 0.343 e. The van der Waals surface area contributed by atoms with Gasteiger partial charge in [-0.05, 0) is 12.8 Å². The van der Waals surface area contributed by atoms with Crippen molar-refractivity contribution in [3.05, 3.63) is 0 Å². The Labute approximate surface area is 75.3 Å². The summed E-state index contributed by atoms with van der Waals surface area (Å²) in [6.45, 7) is 0. The maximum absolute atomic E-state index is 11.3. The second-order valence-corrected chi connectivity index (χ2v) is 3.48. The Kier molecular flexibility index (Phi) is 1.83. The van der Waals surface area contributed by atoms with Gasteiger partial charge in [0.2, 0.25) is 5.60 Å². The first kappa shape index (κ1) is 8.93. The summed E-state index contributed by atoms with van der Waals surface area (Å²) in [7, 11) is 1.24. The molecule has 0 aromatic heterocycles. The number of aliphatic hydroxyl groups excluding tert-OH is 2. The van der Waals surface area contributed by atoms with Crippen LogP contribution in [-0.4, -0.2) is 47.2 Å². The molecule has 1 saturated carbocycles. The molecule has 13 heavy (non-hydrogen) atoms. The molecular formula is C8H12O5. The Bertz CT molecular complexity index is 241. The molecule has 0 radical (unpaired) electrons. The van der Waals surface area contributed by atoms with E-state index < -0.39 is 29.9 Å². The molecule has 5 nitrogen and oxygen atoms in total. The first-order valence-electron chi connectivity index (χ1n) is 4.25. The number of carbonyl (C=O) groups excluding carboxylic acids is 1.